The molecular weight excluding hydrogens is 296 g/mol. The van der Waals surface area contributed by atoms with E-state index in [1.54, 1.807) is 0 Å². The molecule has 0 saturated heterocycles. The fourth-order valence-electron chi connectivity index (χ4n) is 1.66. The fraction of sp³-hybridized carbons (Fsp3) is 0.154. The molecule has 1 heterocycles. The summed E-state index contributed by atoms with van der Waals surface area (Å²) in [5.74, 6) is -0.519. The van der Waals surface area contributed by atoms with Crippen LogP contribution in [0.3, 0.4) is 0 Å². The summed E-state index contributed by atoms with van der Waals surface area (Å²) in [6.45, 7) is 0. The first kappa shape index (κ1) is 14.6. The Labute approximate surface area is 117 Å². The Bertz CT molecular complexity index is 641. The number of hydrogen-bond acceptors (Lipinski definition) is 2. The number of aromatic nitrogens is 1. The molecule has 0 aliphatic carbocycles. The van der Waals surface area contributed by atoms with Crippen LogP contribution in [-0.4, -0.2) is 12.0 Å². The molecule has 0 amide bonds. The second-order valence-corrected chi connectivity index (χ2v) is 4.41. The number of anilines is 1. The summed E-state index contributed by atoms with van der Waals surface area (Å²) < 4.78 is 51.4. The molecule has 106 valence electrons. The summed E-state index contributed by atoms with van der Waals surface area (Å²) in [6, 6.07) is 5.20. The number of benzene rings is 1. The highest BCUT2D eigenvalue weighted by atomic mass is 35.5. The van der Waals surface area contributed by atoms with E-state index in [-0.39, 0.29) is 22.1 Å². The molecule has 0 saturated carbocycles. The van der Waals surface area contributed by atoms with Crippen molar-refractivity contribution in [3.63, 3.8) is 0 Å². The number of halogens is 5. The third-order valence-electron chi connectivity index (χ3n) is 2.62. The maximum atomic E-state index is 13.0. The van der Waals surface area contributed by atoms with Crippen LogP contribution in [0.2, 0.25) is 5.02 Å². The molecule has 0 atom stereocenters. The molecule has 2 nitrogen and oxygen atoms in total. The Balaban J connectivity index is 2.61. The molecule has 1 aromatic carbocycles. The van der Waals surface area contributed by atoms with Gasteiger partial charge in [0.05, 0.1) is 16.3 Å². The maximum Gasteiger partial charge on any atom is 0.416 e. The number of rotatable bonds is 2. The lowest BCUT2D eigenvalue weighted by molar-refractivity contribution is -0.137. The molecule has 0 spiro atoms. The molecule has 2 rings (SSSR count). The average Bonchev–Trinajstić information content (AvgIpc) is 2.37. The molecule has 1 aromatic heterocycles. The monoisotopic (exact) mass is 304 g/mol. The topological polar surface area (TPSA) is 24.9 Å². The lowest BCUT2D eigenvalue weighted by Gasteiger charge is -2.12. The summed E-state index contributed by atoms with van der Waals surface area (Å²) in [5.41, 5.74) is -0.600. The van der Waals surface area contributed by atoms with Gasteiger partial charge in [-0.1, -0.05) is 11.6 Å². The van der Waals surface area contributed by atoms with E-state index in [0.29, 0.717) is 0 Å². The van der Waals surface area contributed by atoms with Gasteiger partial charge >= 0.3 is 6.18 Å². The minimum absolute atomic E-state index is 0.00104. The normalized spacial score (nSPS) is 11.5. The number of pyridine rings is 1. The predicted octanol–water partition coefficient (Wildman–Crippen LogP) is 4.60. The molecule has 0 aliphatic rings. The van der Waals surface area contributed by atoms with Crippen LogP contribution in [0.25, 0.3) is 11.3 Å². The Kier molecular flexibility index (Phi) is 3.85. The standard InChI is InChI=1S/C13H9ClF4N2/c1-19-12-5-7(13(16,17)18)4-11(20-12)9-3-2-8(15)6-10(9)14/h2-6H,1H3,(H,19,20). The highest BCUT2D eigenvalue weighted by Gasteiger charge is 2.31. The molecule has 0 aliphatic heterocycles. The third-order valence-corrected chi connectivity index (χ3v) is 2.93. The van der Waals surface area contributed by atoms with Crippen LogP contribution in [-0.2, 0) is 6.18 Å². The summed E-state index contributed by atoms with van der Waals surface area (Å²) in [5, 5.41) is 2.55. The van der Waals surface area contributed by atoms with Gasteiger partial charge in [0, 0.05) is 12.6 Å². The van der Waals surface area contributed by atoms with Crippen LogP contribution in [0.1, 0.15) is 5.56 Å². The summed E-state index contributed by atoms with van der Waals surface area (Å²) in [4.78, 5) is 4.01. The number of nitrogens with one attached hydrogen (secondary N) is 1. The van der Waals surface area contributed by atoms with E-state index < -0.39 is 17.6 Å². The highest BCUT2D eigenvalue weighted by Crippen LogP contribution is 2.35. The van der Waals surface area contributed by atoms with E-state index >= 15 is 0 Å². The van der Waals surface area contributed by atoms with Crippen LogP contribution in [0.5, 0.6) is 0 Å². The average molecular weight is 305 g/mol. The smallest absolute Gasteiger partial charge is 0.373 e. The molecule has 0 fully saturated rings. The van der Waals surface area contributed by atoms with Crippen molar-refractivity contribution in [1.82, 2.24) is 4.98 Å². The van der Waals surface area contributed by atoms with Crippen molar-refractivity contribution >= 4 is 17.4 Å². The van der Waals surface area contributed by atoms with Crippen LogP contribution >= 0.6 is 11.6 Å². The van der Waals surface area contributed by atoms with Crippen molar-refractivity contribution < 1.29 is 17.6 Å². The molecule has 7 heteroatoms. The lowest BCUT2D eigenvalue weighted by Crippen LogP contribution is -2.07. The van der Waals surface area contributed by atoms with Crippen molar-refractivity contribution in [1.29, 1.82) is 0 Å². The lowest BCUT2D eigenvalue weighted by atomic mass is 10.1. The molecule has 1 N–H and O–H groups in total. The van der Waals surface area contributed by atoms with Gasteiger partial charge in [-0.05, 0) is 30.3 Å². The Morgan fingerprint density at radius 2 is 1.85 bits per heavy atom. The van der Waals surface area contributed by atoms with E-state index in [2.05, 4.69) is 10.3 Å². The van der Waals surface area contributed by atoms with Crippen molar-refractivity contribution in [2.75, 3.05) is 12.4 Å². The Morgan fingerprint density at radius 1 is 1.15 bits per heavy atom. The quantitative estimate of drug-likeness (QED) is 0.820. The number of alkyl halides is 3. The van der Waals surface area contributed by atoms with Crippen molar-refractivity contribution in [3.05, 3.63) is 46.7 Å². The van der Waals surface area contributed by atoms with Gasteiger partial charge in [-0.3, -0.25) is 0 Å². The molecule has 20 heavy (non-hydrogen) atoms. The van der Waals surface area contributed by atoms with Gasteiger partial charge in [-0.15, -0.1) is 0 Å². The van der Waals surface area contributed by atoms with E-state index in [9.17, 15) is 17.6 Å². The van der Waals surface area contributed by atoms with Gasteiger partial charge in [0.2, 0.25) is 0 Å². The highest BCUT2D eigenvalue weighted by molar-refractivity contribution is 6.33. The number of nitrogens with zero attached hydrogens (tertiary/aromatic N) is 1. The van der Waals surface area contributed by atoms with Crippen LogP contribution < -0.4 is 5.32 Å². The van der Waals surface area contributed by atoms with E-state index in [4.69, 9.17) is 11.6 Å². The summed E-state index contributed by atoms with van der Waals surface area (Å²) >= 11 is 5.84. The zero-order valence-electron chi connectivity index (χ0n) is 10.2. The van der Waals surface area contributed by atoms with Gasteiger partial charge in [0.15, 0.2) is 0 Å². The summed E-state index contributed by atoms with van der Waals surface area (Å²) in [6.07, 6.45) is -4.50. The van der Waals surface area contributed by atoms with E-state index in [1.807, 2.05) is 0 Å². The first-order valence-electron chi connectivity index (χ1n) is 5.53. The van der Waals surface area contributed by atoms with Gasteiger partial charge in [-0.2, -0.15) is 13.2 Å². The maximum absolute atomic E-state index is 13.0. The predicted molar refractivity (Wildman–Crippen MR) is 69.2 cm³/mol. The SMILES string of the molecule is CNc1cc(C(F)(F)F)cc(-c2ccc(F)cc2Cl)n1. The molecule has 0 radical (unpaired) electrons. The third kappa shape index (κ3) is 3.01. The van der Waals surface area contributed by atoms with E-state index in [1.165, 1.54) is 13.1 Å². The van der Waals surface area contributed by atoms with Gasteiger partial charge < -0.3 is 5.32 Å². The molecular formula is C13H9ClF4N2. The second kappa shape index (κ2) is 5.28. The molecule has 2 aromatic rings. The molecule has 0 unspecified atom stereocenters. The van der Waals surface area contributed by atoms with Crippen LogP contribution in [0.4, 0.5) is 23.4 Å². The van der Waals surface area contributed by atoms with Crippen molar-refractivity contribution in [3.8, 4) is 11.3 Å². The molecule has 0 bridgehead atoms. The van der Waals surface area contributed by atoms with E-state index in [0.717, 1.165) is 24.3 Å². The largest absolute Gasteiger partial charge is 0.416 e. The zero-order valence-corrected chi connectivity index (χ0v) is 11.0. The van der Waals surface area contributed by atoms with Crippen LogP contribution in [0.15, 0.2) is 30.3 Å². The fourth-order valence-corrected chi connectivity index (χ4v) is 1.92. The van der Waals surface area contributed by atoms with Crippen LogP contribution in [0, 0.1) is 5.82 Å². The first-order valence-corrected chi connectivity index (χ1v) is 5.91. The van der Waals surface area contributed by atoms with Crippen molar-refractivity contribution in [2.24, 2.45) is 0 Å². The number of hydrogen-bond donors (Lipinski definition) is 1. The Morgan fingerprint density at radius 3 is 2.40 bits per heavy atom. The zero-order chi connectivity index (χ0) is 14.9. The van der Waals surface area contributed by atoms with Gasteiger partial charge in [-0.25, -0.2) is 9.37 Å². The van der Waals surface area contributed by atoms with Gasteiger partial charge in [0.1, 0.15) is 11.6 Å². The second-order valence-electron chi connectivity index (χ2n) is 4.00. The van der Waals surface area contributed by atoms with Gasteiger partial charge in [0.25, 0.3) is 0 Å². The van der Waals surface area contributed by atoms with Crippen molar-refractivity contribution in [2.45, 2.75) is 6.18 Å². The first-order chi connectivity index (χ1) is 9.31. The summed E-state index contributed by atoms with van der Waals surface area (Å²) in [7, 11) is 1.46. The minimum Gasteiger partial charge on any atom is -0.373 e. The Hall–Kier alpha value is -1.82. The minimum atomic E-state index is -4.50.